The molecule has 1 fully saturated rings. The Morgan fingerprint density at radius 3 is 3.00 bits per heavy atom. The van der Waals surface area contributed by atoms with Crippen molar-refractivity contribution in [3.8, 4) is 0 Å². The first-order chi connectivity index (χ1) is 12.3. The van der Waals surface area contributed by atoms with Gasteiger partial charge in [0.25, 0.3) is 5.56 Å². The van der Waals surface area contributed by atoms with E-state index in [0.29, 0.717) is 23.0 Å². The van der Waals surface area contributed by atoms with Crippen LogP contribution >= 0.6 is 0 Å². The van der Waals surface area contributed by atoms with Crippen molar-refractivity contribution < 1.29 is 0 Å². The second-order valence-corrected chi connectivity index (χ2v) is 6.53. The van der Waals surface area contributed by atoms with Crippen molar-refractivity contribution in [2.45, 2.75) is 31.8 Å². The number of piperidine rings is 1. The number of aromatic nitrogens is 4. The summed E-state index contributed by atoms with van der Waals surface area (Å²) in [5.74, 6) is 0.493. The first kappa shape index (κ1) is 15.8. The van der Waals surface area contributed by atoms with Crippen molar-refractivity contribution >= 4 is 17.0 Å². The highest BCUT2D eigenvalue weighted by Crippen LogP contribution is 2.20. The van der Waals surface area contributed by atoms with Gasteiger partial charge in [-0.05, 0) is 24.9 Å². The second kappa shape index (κ2) is 7.06. The minimum atomic E-state index is -0.175. The monoisotopic (exact) mass is 338 g/mol. The van der Waals surface area contributed by atoms with E-state index in [1.807, 2.05) is 6.07 Å². The van der Waals surface area contributed by atoms with Crippen LogP contribution in [-0.4, -0.2) is 44.2 Å². The van der Waals surface area contributed by atoms with E-state index in [9.17, 15) is 4.79 Å². The number of aromatic amines is 2. The average molecular weight is 338 g/mol. The molecule has 7 nitrogen and oxygen atoms in total. The number of nitrogens with one attached hydrogen (secondary N) is 3. The summed E-state index contributed by atoms with van der Waals surface area (Å²) in [6.45, 7) is 2.82. The van der Waals surface area contributed by atoms with Gasteiger partial charge in [-0.1, -0.05) is 36.8 Å². The first-order valence-electron chi connectivity index (χ1n) is 8.75. The molecule has 130 valence electrons. The molecule has 3 heterocycles. The van der Waals surface area contributed by atoms with Crippen LogP contribution in [-0.2, 0) is 6.54 Å². The van der Waals surface area contributed by atoms with E-state index in [0.717, 1.165) is 26.1 Å². The van der Waals surface area contributed by atoms with Crippen LogP contribution in [0.5, 0.6) is 0 Å². The molecular weight excluding hydrogens is 316 g/mol. The summed E-state index contributed by atoms with van der Waals surface area (Å²) in [7, 11) is 0. The maximum absolute atomic E-state index is 12.0. The molecule has 0 saturated carbocycles. The molecule has 1 aliphatic rings. The van der Waals surface area contributed by atoms with Gasteiger partial charge in [-0.25, -0.2) is 0 Å². The van der Waals surface area contributed by atoms with Crippen molar-refractivity contribution in [1.82, 2.24) is 25.1 Å². The molecule has 2 aromatic heterocycles. The van der Waals surface area contributed by atoms with Crippen LogP contribution < -0.4 is 10.9 Å². The smallest absolute Gasteiger partial charge is 0.263 e. The largest absolute Gasteiger partial charge is 0.354 e. The Hall–Kier alpha value is -2.67. The van der Waals surface area contributed by atoms with E-state index in [2.05, 4.69) is 54.6 Å². The minimum absolute atomic E-state index is 0.175. The topological polar surface area (TPSA) is 89.7 Å². The summed E-state index contributed by atoms with van der Waals surface area (Å²) >= 11 is 0. The number of rotatable bonds is 5. The molecule has 0 radical (unpaired) electrons. The molecule has 0 bridgehead atoms. The summed E-state index contributed by atoms with van der Waals surface area (Å²) in [4.78, 5) is 21.7. The van der Waals surface area contributed by atoms with Gasteiger partial charge in [0.2, 0.25) is 5.95 Å². The standard InChI is InChI=1S/C18H22N6O/c25-17-15-11-20-23-16(15)21-18(22-17)19-10-14-8-4-5-9-24(14)12-13-6-2-1-3-7-13/h1-3,6-7,11,14H,4-5,8-10,12H2,(H3,19,20,21,22,23,25)/t14-/m1/s1. The predicted molar refractivity (Wildman–Crippen MR) is 97.5 cm³/mol. The minimum Gasteiger partial charge on any atom is -0.354 e. The summed E-state index contributed by atoms with van der Waals surface area (Å²) in [5, 5.41) is 10.4. The third kappa shape index (κ3) is 3.56. The SMILES string of the molecule is O=c1[nH]c(NC[C@H]2CCCCN2Cc2ccccc2)nc2[nH]ncc12. The maximum atomic E-state index is 12.0. The Labute approximate surface area is 145 Å². The molecule has 1 atom stereocenters. The molecule has 3 N–H and O–H groups in total. The number of hydrogen-bond donors (Lipinski definition) is 3. The van der Waals surface area contributed by atoms with E-state index < -0.39 is 0 Å². The fraction of sp³-hybridized carbons (Fsp3) is 0.389. The highest BCUT2D eigenvalue weighted by molar-refractivity contribution is 5.73. The third-order valence-electron chi connectivity index (χ3n) is 4.80. The fourth-order valence-corrected chi connectivity index (χ4v) is 3.46. The Morgan fingerprint density at radius 1 is 1.24 bits per heavy atom. The molecule has 1 aliphatic heterocycles. The van der Waals surface area contributed by atoms with E-state index in [1.165, 1.54) is 24.6 Å². The third-order valence-corrected chi connectivity index (χ3v) is 4.80. The molecule has 0 amide bonds. The van der Waals surface area contributed by atoms with Gasteiger partial charge in [-0.2, -0.15) is 10.1 Å². The van der Waals surface area contributed by atoms with Crippen LogP contribution in [0.25, 0.3) is 11.0 Å². The summed E-state index contributed by atoms with van der Waals surface area (Å²) < 4.78 is 0. The van der Waals surface area contributed by atoms with Gasteiger partial charge in [0.15, 0.2) is 5.65 Å². The highest BCUT2D eigenvalue weighted by Gasteiger charge is 2.22. The predicted octanol–water partition coefficient (Wildman–Crippen LogP) is 2.11. The van der Waals surface area contributed by atoms with Gasteiger partial charge in [-0.15, -0.1) is 0 Å². The van der Waals surface area contributed by atoms with Crippen molar-refractivity contribution in [3.05, 3.63) is 52.4 Å². The summed E-state index contributed by atoms with van der Waals surface area (Å²) in [6, 6.07) is 11.0. The van der Waals surface area contributed by atoms with Crippen LogP contribution in [0.4, 0.5) is 5.95 Å². The van der Waals surface area contributed by atoms with Gasteiger partial charge < -0.3 is 5.32 Å². The molecule has 0 spiro atoms. The number of benzene rings is 1. The van der Waals surface area contributed by atoms with E-state index in [1.54, 1.807) is 0 Å². The lowest BCUT2D eigenvalue weighted by Gasteiger charge is -2.36. The number of likely N-dealkylation sites (tertiary alicyclic amines) is 1. The first-order valence-corrected chi connectivity index (χ1v) is 8.75. The number of hydrogen-bond acceptors (Lipinski definition) is 5. The van der Waals surface area contributed by atoms with E-state index in [4.69, 9.17) is 0 Å². The zero-order valence-corrected chi connectivity index (χ0v) is 14.0. The Morgan fingerprint density at radius 2 is 2.12 bits per heavy atom. The van der Waals surface area contributed by atoms with Crippen molar-refractivity contribution in [2.24, 2.45) is 0 Å². The van der Waals surface area contributed by atoms with Gasteiger partial charge in [-0.3, -0.25) is 19.8 Å². The molecule has 1 aromatic carbocycles. The van der Waals surface area contributed by atoms with Crippen LogP contribution in [0.15, 0.2) is 41.3 Å². The van der Waals surface area contributed by atoms with E-state index >= 15 is 0 Å². The molecule has 4 rings (SSSR count). The van der Waals surface area contributed by atoms with Crippen LogP contribution in [0.1, 0.15) is 24.8 Å². The second-order valence-electron chi connectivity index (χ2n) is 6.53. The molecule has 0 aliphatic carbocycles. The molecule has 0 unspecified atom stereocenters. The van der Waals surface area contributed by atoms with Crippen LogP contribution in [0, 0.1) is 0 Å². The number of fused-ring (bicyclic) bond motifs is 1. The molecule has 25 heavy (non-hydrogen) atoms. The molecule has 7 heteroatoms. The van der Waals surface area contributed by atoms with Crippen molar-refractivity contribution in [1.29, 1.82) is 0 Å². The maximum Gasteiger partial charge on any atom is 0.263 e. The van der Waals surface area contributed by atoms with Crippen molar-refractivity contribution in [2.75, 3.05) is 18.4 Å². The quantitative estimate of drug-likeness (QED) is 0.663. The van der Waals surface area contributed by atoms with Gasteiger partial charge >= 0.3 is 0 Å². The normalized spacial score (nSPS) is 18.5. The average Bonchev–Trinajstić information content (AvgIpc) is 3.11. The highest BCUT2D eigenvalue weighted by atomic mass is 16.1. The molecule has 3 aromatic rings. The van der Waals surface area contributed by atoms with Gasteiger partial charge in [0, 0.05) is 19.1 Å². The fourth-order valence-electron chi connectivity index (χ4n) is 3.46. The Kier molecular flexibility index (Phi) is 4.47. The summed E-state index contributed by atoms with van der Waals surface area (Å²) in [6.07, 6.45) is 5.11. The van der Waals surface area contributed by atoms with Gasteiger partial charge in [0.05, 0.1) is 6.20 Å². The molecule has 1 saturated heterocycles. The lowest BCUT2D eigenvalue weighted by molar-refractivity contribution is 0.148. The van der Waals surface area contributed by atoms with E-state index in [-0.39, 0.29) is 5.56 Å². The number of H-pyrrole nitrogens is 2. The lowest BCUT2D eigenvalue weighted by Crippen LogP contribution is -2.43. The number of nitrogens with zero attached hydrogens (tertiary/aromatic N) is 3. The van der Waals surface area contributed by atoms with Gasteiger partial charge in [0.1, 0.15) is 5.39 Å². The Balaban J connectivity index is 1.44. The molecular formula is C18H22N6O. The van der Waals surface area contributed by atoms with Crippen LogP contribution in [0.3, 0.4) is 0 Å². The Bertz CT molecular complexity index is 887. The lowest BCUT2D eigenvalue weighted by atomic mass is 10.0. The van der Waals surface area contributed by atoms with Crippen molar-refractivity contribution in [3.63, 3.8) is 0 Å². The van der Waals surface area contributed by atoms with Crippen LogP contribution in [0.2, 0.25) is 0 Å². The summed E-state index contributed by atoms with van der Waals surface area (Å²) in [5.41, 5.74) is 1.67. The zero-order valence-electron chi connectivity index (χ0n) is 14.0. The zero-order chi connectivity index (χ0) is 17.1. The number of anilines is 1.